The number of unbranched alkanes of at least 4 members (excludes halogenated alkanes) is 14. The Bertz CT molecular complexity index is 398. The molecule has 0 aliphatic rings. The Labute approximate surface area is 150 Å². The van der Waals surface area contributed by atoms with E-state index in [0.717, 1.165) is 17.9 Å². The fourth-order valence-electron chi connectivity index (χ4n) is 3.41. The lowest BCUT2D eigenvalue weighted by Gasteiger charge is -2.04. The van der Waals surface area contributed by atoms with Crippen LogP contribution in [0, 0.1) is 6.92 Å². The summed E-state index contributed by atoms with van der Waals surface area (Å²) in [6.45, 7) is 4.29. The molecular weight excluding hydrogens is 294 g/mol. The van der Waals surface area contributed by atoms with Gasteiger partial charge in [-0.1, -0.05) is 96.8 Å². The zero-order chi connectivity index (χ0) is 17.5. The number of nitrogen functional groups attached to an aromatic ring is 1. The van der Waals surface area contributed by atoms with Crippen LogP contribution in [0.5, 0.6) is 0 Å². The van der Waals surface area contributed by atoms with Crippen LogP contribution in [0.1, 0.15) is 115 Å². The highest BCUT2D eigenvalue weighted by Crippen LogP contribution is 2.14. The van der Waals surface area contributed by atoms with Crippen molar-refractivity contribution in [3.05, 3.63) is 17.7 Å². The Morgan fingerprint density at radius 2 is 1.17 bits per heavy atom. The first-order chi connectivity index (χ1) is 11.7. The van der Waals surface area contributed by atoms with Crippen LogP contribution >= 0.6 is 0 Å². The Balaban J connectivity index is 1.77. The SMILES string of the molecule is CCCCCCCCCCCCCCCCCc1nc(C)cn1N. The lowest BCUT2D eigenvalue weighted by Crippen LogP contribution is -2.11. The molecule has 1 rings (SSSR count). The lowest BCUT2D eigenvalue weighted by atomic mass is 10.0. The van der Waals surface area contributed by atoms with Gasteiger partial charge in [-0.2, -0.15) is 0 Å². The average molecular weight is 336 g/mol. The average Bonchev–Trinajstić information content (AvgIpc) is 2.88. The number of hydrogen-bond donors (Lipinski definition) is 1. The molecule has 0 fully saturated rings. The molecule has 3 nitrogen and oxygen atoms in total. The van der Waals surface area contributed by atoms with Crippen molar-refractivity contribution in [2.24, 2.45) is 0 Å². The number of aromatic nitrogens is 2. The molecule has 0 saturated carbocycles. The summed E-state index contributed by atoms with van der Waals surface area (Å²) in [6, 6.07) is 0. The largest absolute Gasteiger partial charge is 0.338 e. The molecule has 2 N–H and O–H groups in total. The molecule has 0 bridgehead atoms. The summed E-state index contributed by atoms with van der Waals surface area (Å²) >= 11 is 0. The van der Waals surface area contributed by atoms with Crippen molar-refractivity contribution in [3.8, 4) is 0 Å². The topological polar surface area (TPSA) is 43.8 Å². The highest BCUT2D eigenvalue weighted by molar-refractivity contribution is 5.01. The molecule has 0 aliphatic carbocycles. The van der Waals surface area contributed by atoms with Crippen LogP contribution in [0.2, 0.25) is 0 Å². The maximum atomic E-state index is 5.86. The molecule has 0 saturated heterocycles. The van der Waals surface area contributed by atoms with E-state index in [1.807, 2.05) is 13.1 Å². The summed E-state index contributed by atoms with van der Waals surface area (Å²) in [6.07, 6.45) is 24.0. The quantitative estimate of drug-likeness (QED) is 0.284. The summed E-state index contributed by atoms with van der Waals surface area (Å²) in [5.41, 5.74) is 1.02. The van der Waals surface area contributed by atoms with Gasteiger partial charge < -0.3 is 5.84 Å². The van der Waals surface area contributed by atoms with E-state index in [2.05, 4.69) is 11.9 Å². The number of imidazole rings is 1. The standard InChI is InChI=1S/C21H41N3/c1-3-4-5-6-7-8-9-10-11-12-13-14-15-16-17-18-21-23-20(2)19-24(21)22/h19H,3-18,22H2,1-2H3. The van der Waals surface area contributed by atoms with Gasteiger partial charge in [0.15, 0.2) is 0 Å². The summed E-state index contributed by atoms with van der Waals surface area (Å²) < 4.78 is 1.68. The van der Waals surface area contributed by atoms with E-state index in [4.69, 9.17) is 5.84 Å². The van der Waals surface area contributed by atoms with Crippen molar-refractivity contribution in [1.82, 2.24) is 9.66 Å². The maximum Gasteiger partial charge on any atom is 0.127 e. The molecule has 140 valence electrons. The Morgan fingerprint density at radius 3 is 1.54 bits per heavy atom. The van der Waals surface area contributed by atoms with Crippen molar-refractivity contribution >= 4 is 0 Å². The van der Waals surface area contributed by atoms with Crippen LogP contribution < -0.4 is 5.84 Å². The van der Waals surface area contributed by atoms with Gasteiger partial charge in [-0.25, -0.2) is 4.98 Å². The molecule has 0 aromatic carbocycles. The van der Waals surface area contributed by atoms with Gasteiger partial charge in [-0.15, -0.1) is 0 Å². The first-order valence-electron chi connectivity index (χ1n) is 10.5. The van der Waals surface area contributed by atoms with Gasteiger partial charge in [-0.3, -0.25) is 4.68 Å². The second kappa shape index (κ2) is 14.4. The zero-order valence-corrected chi connectivity index (χ0v) is 16.4. The van der Waals surface area contributed by atoms with Gasteiger partial charge >= 0.3 is 0 Å². The second-order valence-electron chi connectivity index (χ2n) is 7.41. The summed E-state index contributed by atoms with van der Waals surface area (Å²) in [4.78, 5) is 4.45. The van der Waals surface area contributed by atoms with Gasteiger partial charge in [0, 0.05) is 12.6 Å². The van der Waals surface area contributed by atoms with Gasteiger partial charge in [0.25, 0.3) is 0 Å². The van der Waals surface area contributed by atoms with Crippen molar-refractivity contribution in [1.29, 1.82) is 0 Å². The number of aryl methyl sites for hydroxylation is 2. The van der Waals surface area contributed by atoms with Crippen molar-refractivity contribution < 1.29 is 0 Å². The van der Waals surface area contributed by atoms with Gasteiger partial charge in [-0.05, 0) is 13.3 Å². The van der Waals surface area contributed by atoms with Crippen molar-refractivity contribution in [2.75, 3.05) is 5.84 Å². The van der Waals surface area contributed by atoms with Crippen molar-refractivity contribution in [3.63, 3.8) is 0 Å². The van der Waals surface area contributed by atoms with Gasteiger partial charge in [0.1, 0.15) is 5.82 Å². The molecule has 0 atom stereocenters. The monoisotopic (exact) mass is 335 g/mol. The minimum Gasteiger partial charge on any atom is -0.338 e. The fraction of sp³-hybridized carbons (Fsp3) is 0.857. The zero-order valence-electron chi connectivity index (χ0n) is 16.4. The van der Waals surface area contributed by atoms with Crippen molar-refractivity contribution in [2.45, 2.75) is 117 Å². The predicted octanol–water partition coefficient (Wildman–Crippen LogP) is 6.32. The normalized spacial score (nSPS) is 11.2. The van der Waals surface area contributed by atoms with E-state index < -0.39 is 0 Å². The highest BCUT2D eigenvalue weighted by Gasteiger charge is 2.02. The first-order valence-corrected chi connectivity index (χ1v) is 10.5. The lowest BCUT2D eigenvalue weighted by molar-refractivity contribution is 0.531. The van der Waals surface area contributed by atoms with E-state index in [0.29, 0.717) is 0 Å². The highest BCUT2D eigenvalue weighted by atomic mass is 15.3. The van der Waals surface area contributed by atoms with Crippen LogP contribution in [-0.2, 0) is 6.42 Å². The summed E-state index contributed by atoms with van der Waals surface area (Å²) in [5, 5.41) is 0. The second-order valence-corrected chi connectivity index (χ2v) is 7.41. The third-order valence-electron chi connectivity index (χ3n) is 4.93. The number of hydrogen-bond acceptors (Lipinski definition) is 2. The molecule has 1 aromatic heterocycles. The molecule has 0 radical (unpaired) electrons. The molecule has 0 amide bonds. The number of rotatable bonds is 16. The van der Waals surface area contributed by atoms with Crippen LogP contribution in [0.25, 0.3) is 0 Å². The number of nitrogens with zero attached hydrogens (tertiary/aromatic N) is 2. The molecule has 0 spiro atoms. The van der Waals surface area contributed by atoms with Crippen LogP contribution in [0.3, 0.4) is 0 Å². The molecule has 24 heavy (non-hydrogen) atoms. The predicted molar refractivity (Wildman–Crippen MR) is 106 cm³/mol. The van der Waals surface area contributed by atoms with E-state index >= 15 is 0 Å². The van der Waals surface area contributed by atoms with E-state index in [1.54, 1.807) is 4.68 Å². The minimum absolute atomic E-state index is 1.02. The Morgan fingerprint density at radius 1 is 0.750 bits per heavy atom. The molecular formula is C21H41N3. The van der Waals surface area contributed by atoms with Crippen LogP contribution in [-0.4, -0.2) is 9.66 Å². The molecule has 0 unspecified atom stereocenters. The Hall–Kier alpha value is -0.990. The first kappa shape index (κ1) is 21.1. The number of nitrogens with two attached hydrogens (primary N) is 1. The van der Waals surface area contributed by atoms with Gasteiger partial charge in [0.2, 0.25) is 0 Å². The van der Waals surface area contributed by atoms with Crippen LogP contribution in [0.15, 0.2) is 6.20 Å². The fourth-order valence-corrected chi connectivity index (χ4v) is 3.41. The third-order valence-corrected chi connectivity index (χ3v) is 4.93. The molecule has 3 heteroatoms. The third kappa shape index (κ3) is 10.7. The smallest absolute Gasteiger partial charge is 0.127 e. The maximum absolute atomic E-state index is 5.86. The van der Waals surface area contributed by atoms with E-state index in [-0.39, 0.29) is 0 Å². The van der Waals surface area contributed by atoms with Gasteiger partial charge in [0.05, 0.1) is 5.69 Å². The Kier molecular flexibility index (Phi) is 12.6. The summed E-state index contributed by atoms with van der Waals surface area (Å²) in [5.74, 6) is 6.89. The molecule has 0 aliphatic heterocycles. The van der Waals surface area contributed by atoms with E-state index in [1.165, 1.54) is 96.3 Å². The minimum atomic E-state index is 1.02. The summed E-state index contributed by atoms with van der Waals surface area (Å²) in [7, 11) is 0. The molecule has 1 aromatic rings. The van der Waals surface area contributed by atoms with Crippen LogP contribution in [0.4, 0.5) is 0 Å². The molecule has 1 heterocycles. The van der Waals surface area contributed by atoms with E-state index in [9.17, 15) is 0 Å².